The number of nitrogens with one attached hydrogen (secondary N) is 1. The third kappa shape index (κ3) is 1.99. The smallest absolute Gasteiger partial charge is 0.288 e. The Morgan fingerprint density at radius 1 is 1.05 bits per heavy atom. The molecule has 0 aliphatic heterocycles. The summed E-state index contributed by atoms with van der Waals surface area (Å²) < 4.78 is 7.23. The van der Waals surface area contributed by atoms with E-state index in [1.165, 1.54) is 5.56 Å². The van der Waals surface area contributed by atoms with Crippen molar-refractivity contribution < 1.29 is 4.42 Å². The van der Waals surface area contributed by atoms with Crippen LogP contribution in [0.15, 0.2) is 34.7 Å². The Labute approximate surface area is 119 Å². The van der Waals surface area contributed by atoms with Gasteiger partial charge in [-0.3, -0.25) is 5.10 Å². The van der Waals surface area contributed by atoms with Gasteiger partial charge in [0.05, 0.1) is 0 Å². The van der Waals surface area contributed by atoms with Crippen LogP contribution in [-0.4, -0.2) is 30.0 Å². The van der Waals surface area contributed by atoms with Crippen LogP contribution in [-0.2, 0) is 0 Å². The summed E-state index contributed by atoms with van der Waals surface area (Å²) in [6.45, 7) is 3.97. The minimum Gasteiger partial charge on any atom is -0.413 e. The van der Waals surface area contributed by atoms with Crippen LogP contribution in [0.1, 0.15) is 11.3 Å². The predicted octanol–water partition coefficient (Wildman–Crippen LogP) is 2.39. The molecule has 0 radical (unpaired) electrons. The van der Waals surface area contributed by atoms with Crippen LogP contribution in [0.3, 0.4) is 0 Å². The van der Waals surface area contributed by atoms with Gasteiger partial charge in [0.2, 0.25) is 11.7 Å². The summed E-state index contributed by atoms with van der Waals surface area (Å²) in [5.41, 5.74) is 3.76. The van der Waals surface area contributed by atoms with E-state index in [0.717, 1.165) is 16.9 Å². The van der Waals surface area contributed by atoms with Crippen LogP contribution in [0, 0.1) is 13.8 Å². The van der Waals surface area contributed by atoms with E-state index in [2.05, 4.69) is 25.4 Å². The zero-order valence-electron chi connectivity index (χ0n) is 11.5. The number of hydrogen-bond donors (Lipinski definition) is 1. The highest BCUT2D eigenvalue weighted by atomic mass is 16.4. The number of aromatic amines is 1. The molecule has 0 saturated heterocycles. The first-order chi connectivity index (χ1) is 10.2. The fourth-order valence-electron chi connectivity index (χ4n) is 2.11. The molecule has 4 aromatic rings. The monoisotopic (exact) mass is 280 g/mol. The minimum absolute atomic E-state index is 0.306. The van der Waals surface area contributed by atoms with Gasteiger partial charge in [-0.1, -0.05) is 17.7 Å². The molecule has 0 bridgehead atoms. The molecule has 104 valence electrons. The summed E-state index contributed by atoms with van der Waals surface area (Å²) >= 11 is 0. The third-order valence-corrected chi connectivity index (χ3v) is 3.17. The molecule has 0 aliphatic carbocycles. The molecule has 0 aliphatic rings. The number of benzene rings is 1. The van der Waals surface area contributed by atoms with Crippen molar-refractivity contribution in [1.82, 2.24) is 30.0 Å². The number of H-pyrrole nitrogens is 1. The second-order valence-corrected chi connectivity index (χ2v) is 4.92. The first kappa shape index (κ1) is 11.8. The molecular weight excluding hydrogens is 268 g/mol. The molecule has 0 saturated carbocycles. The van der Waals surface area contributed by atoms with Crippen molar-refractivity contribution in [3.63, 3.8) is 0 Å². The van der Waals surface area contributed by atoms with Crippen molar-refractivity contribution in [1.29, 1.82) is 0 Å². The molecule has 0 unspecified atom stereocenters. The maximum absolute atomic E-state index is 5.65. The van der Waals surface area contributed by atoms with Gasteiger partial charge < -0.3 is 4.42 Å². The molecular formula is C14H12N6O. The van der Waals surface area contributed by atoms with E-state index >= 15 is 0 Å². The largest absolute Gasteiger partial charge is 0.413 e. The predicted molar refractivity (Wildman–Crippen MR) is 75.5 cm³/mol. The lowest BCUT2D eigenvalue weighted by Gasteiger charge is -1.94. The molecule has 0 spiro atoms. The van der Waals surface area contributed by atoms with Crippen molar-refractivity contribution in [3.05, 3.63) is 41.6 Å². The Bertz CT molecular complexity index is 883. The maximum Gasteiger partial charge on any atom is 0.288 e. The molecule has 7 nitrogen and oxygen atoms in total. The molecule has 4 rings (SSSR count). The first-order valence-corrected chi connectivity index (χ1v) is 6.52. The summed E-state index contributed by atoms with van der Waals surface area (Å²) in [5.74, 6) is 1.17. The van der Waals surface area contributed by atoms with Gasteiger partial charge in [-0.2, -0.15) is 4.63 Å². The topological polar surface area (TPSA) is 84.9 Å². The van der Waals surface area contributed by atoms with Gasteiger partial charge in [0.1, 0.15) is 0 Å². The van der Waals surface area contributed by atoms with Crippen LogP contribution in [0.2, 0.25) is 0 Å². The Morgan fingerprint density at radius 2 is 1.81 bits per heavy atom. The average Bonchev–Trinajstić information content (AvgIpc) is 3.12. The lowest BCUT2D eigenvalue weighted by Crippen LogP contribution is -1.88. The van der Waals surface area contributed by atoms with Crippen LogP contribution in [0.4, 0.5) is 0 Å². The quantitative estimate of drug-likeness (QED) is 0.609. The number of fused-ring (bicyclic) bond motifs is 1. The van der Waals surface area contributed by atoms with Gasteiger partial charge in [0, 0.05) is 17.3 Å². The molecule has 0 amide bonds. The lowest BCUT2D eigenvalue weighted by molar-refractivity contribution is 0.578. The zero-order chi connectivity index (χ0) is 14.4. The van der Waals surface area contributed by atoms with Crippen LogP contribution in [0.25, 0.3) is 28.8 Å². The number of nitrogens with zero attached hydrogens (tertiary/aromatic N) is 5. The molecule has 0 fully saturated rings. The summed E-state index contributed by atoms with van der Waals surface area (Å²) in [6.07, 6.45) is 0. The Morgan fingerprint density at radius 3 is 2.57 bits per heavy atom. The van der Waals surface area contributed by atoms with E-state index < -0.39 is 0 Å². The van der Waals surface area contributed by atoms with Gasteiger partial charge in [-0.05, 0) is 26.0 Å². The summed E-state index contributed by atoms with van der Waals surface area (Å²) in [5, 5.41) is 15.4. The molecule has 7 heteroatoms. The van der Waals surface area contributed by atoms with E-state index in [1.807, 2.05) is 44.2 Å². The highest BCUT2D eigenvalue weighted by molar-refractivity contribution is 5.56. The normalized spacial score (nSPS) is 11.3. The van der Waals surface area contributed by atoms with Crippen molar-refractivity contribution in [2.24, 2.45) is 0 Å². The van der Waals surface area contributed by atoms with E-state index in [1.54, 1.807) is 4.63 Å². The minimum atomic E-state index is 0.306. The summed E-state index contributed by atoms with van der Waals surface area (Å²) in [6, 6.07) is 9.79. The highest BCUT2D eigenvalue weighted by Crippen LogP contribution is 2.22. The fraction of sp³-hybridized carbons (Fsp3) is 0.143. The van der Waals surface area contributed by atoms with Gasteiger partial charge in [-0.15, -0.1) is 15.3 Å². The van der Waals surface area contributed by atoms with Crippen LogP contribution in [0.5, 0.6) is 0 Å². The third-order valence-electron chi connectivity index (χ3n) is 3.17. The molecule has 1 N–H and O–H groups in total. The Balaban J connectivity index is 1.72. The highest BCUT2D eigenvalue weighted by Gasteiger charge is 2.15. The van der Waals surface area contributed by atoms with Gasteiger partial charge in [0.25, 0.3) is 5.89 Å². The van der Waals surface area contributed by atoms with Gasteiger partial charge in [0.15, 0.2) is 5.65 Å². The summed E-state index contributed by atoms with van der Waals surface area (Å²) in [7, 11) is 0. The Kier molecular flexibility index (Phi) is 2.41. The second kappa shape index (κ2) is 4.27. The molecule has 21 heavy (non-hydrogen) atoms. The van der Waals surface area contributed by atoms with Crippen molar-refractivity contribution in [2.75, 3.05) is 0 Å². The van der Waals surface area contributed by atoms with E-state index in [-0.39, 0.29) is 0 Å². The number of hydrogen-bond acceptors (Lipinski definition) is 5. The fourth-order valence-corrected chi connectivity index (χ4v) is 2.11. The second-order valence-electron chi connectivity index (χ2n) is 4.92. The SMILES string of the molecule is Cc1ccc(-c2nnc(-c3nc4cc(C)[nH]n4n3)o2)cc1. The van der Waals surface area contributed by atoms with E-state index in [0.29, 0.717) is 17.6 Å². The average molecular weight is 280 g/mol. The number of rotatable bonds is 2. The molecule has 0 atom stereocenters. The molecule has 1 aromatic carbocycles. The lowest BCUT2D eigenvalue weighted by atomic mass is 10.1. The Hall–Kier alpha value is -2.96. The van der Waals surface area contributed by atoms with Crippen LogP contribution < -0.4 is 0 Å². The standard InChI is InChI=1S/C14H12N6O/c1-8-3-5-10(6-4-8)13-16-17-14(21-13)12-15-11-7-9(2)18-20(11)19-12/h3-7,18H,1-2H3. The first-order valence-electron chi connectivity index (χ1n) is 6.52. The van der Waals surface area contributed by atoms with E-state index in [4.69, 9.17) is 4.42 Å². The zero-order valence-corrected chi connectivity index (χ0v) is 11.5. The van der Waals surface area contributed by atoms with Crippen molar-refractivity contribution in [2.45, 2.75) is 13.8 Å². The molecule has 3 heterocycles. The number of aromatic nitrogens is 6. The van der Waals surface area contributed by atoms with Gasteiger partial charge in [-0.25, -0.2) is 4.98 Å². The molecule has 3 aromatic heterocycles. The van der Waals surface area contributed by atoms with Gasteiger partial charge >= 0.3 is 0 Å². The maximum atomic E-state index is 5.65. The van der Waals surface area contributed by atoms with Crippen LogP contribution >= 0.6 is 0 Å². The van der Waals surface area contributed by atoms with Crippen molar-refractivity contribution in [3.8, 4) is 23.2 Å². The van der Waals surface area contributed by atoms with Crippen molar-refractivity contribution >= 4 is 5.65 Å². The number of aryl methyl sites for hydroxylation is 2. The van der Waals surface area contributed by atoms with E-state index in [9.17, 15) is 0 Å². The summed E-state index contributed by atoms with van der Waals surface area (Å²) in [4.78, 5) is 4.35.